The Balaban J connectivity index is 1.14. The van der Waals surface area contributed by atoms with Crippen LogP contribution in [0.3, 0.4) is 0 Å². The van der Waals surface area contributed by atoms with Gasteiger partial charge in [-0.05, 0) is 75.1 Å². The summed E-state index contributed by atoms with van der Waals surface area (Å²) in [5.74, 6) is 2.42. The Bertz CT molecular complexity index is 2690. The summed E-state index contributed by atoms with van der Waals surface area (Å²) in [4.78, 5) is 33.7. The SMILES string of the molecule is c1ccc(-c2cc(-c3ccccc3)nc(-c3ccc(-c4ccc(-c5nc(-c6ccncc6)nc(-c6ccncc6)n5)c5ccccc45)c4ccccc34)n2)cc1. The maximum absolute atomic E-state index is 5.17. The standard InChI is InChI=1S/C49H31N7/c1-3-11-32(12-4-1)44-31-45(33-13-5-2-6-14-33)53-48(52-44)42-21-19-40(36-15-7-9-17-38(36)42)41-20-22-43(39-18-10-8-16-37(39)41)49-55-46(34-23-27-50-28-24-34)54-47(56-49)35-25-29-51-30-26-35/h1-31H. The van der Waals surface area contributed by atoms with Crippen LogP contribution in [0.15, 0.2) is 189 Å². The van der Waals surface area contributed by atoms with Crippen LogP contribution in [0.25, 0.3) is 101 Å². The molecule has 262 valence electrons. The van der Waals surface area contributed by atoms with Gasteiger partial charge in [-0.25, -0.2) is 24.9 Å². The zero-order valence-electron chi connectivity index (χ0n) is 30.0. The van der Waals surface area contributed by atoms with Gasteiger partial charge in [0.1, 0.15) is 0 Å². The lowest BCUT2D eigenvalue weighted by molar-refractivity contribution is 1.07. The molecule has 0 saturated heterocycles. The first-order valence-corrected chi connectivity index (χ1v) is 18.4. The van der Waals surface area contributed by atoms with Crippen LogP contribution in [-0.4, -0.2) is 34.9 Å². The maximum Gasteiger partial charge on any atom is 0.164 e. The second-order valence-corrected chi connectivity index (χ2v) is 13.4. The highest BCUT2D eigenvalue weighted by Gasteiger charge is 2.19. The first-order valence-electron chi connectivity index (χ1n) is 18.4. The Morgan fingerprint density at radius 2 is 0.589 bits per heavy atom. The molecule has 0 fully saturated rings. The number of hydrogen-bond donors (Lipinski definition) is 0. The average Bonchev–Trinajstić information content (AvgIpc) is 3.29. The lowest BCUT2D eigenvalue weighted by atomic mass is 9.90. The summed E-state index contributed by atoms with van der Waals surface area (Å²) >= 11 is 0. The summed E-state index contributed by atoms with van der Waals surface area (Å²) in [5.41, 5.74) is 9.66. The molecule has 6 aromatic carbocycles. The molecule has 0 atom stereocenters. The number of nitrogens with zero attached hydrogens (tertiary/aromatic N) is 7. The van der Waals surface area contributed by atoms with Gasteiger partial charge >= 0.3 is 0 Å². The van der Waals surface area contributed by atoms with E-state index in [0.29, 0.717) is 23.3 Å². The first kappa shape index (κ1) is 32.8. The van der Waals surface area contributed by atoms with Crippen molar-refractivity contribution in [1.29, 1.82) is 0 Å². The van der Waals surface area contributed by atoms with Crippen molar-refractivity contribution in [3.8, 4) is 79.2 Å². The molecule has 4 heterocycles. The van der Waals surface area contributed by atoms with Crippen LogP contribution in [-0.2, 0) is 0 Å². The van der Waals surface area contributed by atoms with Crippen LogP contribution < -0.4 is 0 Å². The van der Waals surface area contributed by atoms with E-state index in [-0.39, 0.29) is 0 Å². The molecule has 0 unspecified atom stereocenters. The fraction of sp³-hybridized carbons (Fsp3) is 0. The minimum absolute atomic E-state index is 0.577. The number of benzene rings is 6. The molecular weight excluding hydrogens is 687 g/mol. The van der Waals surface area contributed by atoms with Crippen molar-refractivity contribution in [1.82, 2.24) is 34.9 Å². The van der Waals surface area contributed by atoms with Crippen molar-refractivity contribution in [2.24, 2.45) is 0 Å². The van der Waals surface area contributed by atoms with Gasteiger partial charge in [-0.15, -0.1) is 0 Å². The highest BCUT2D eigenvalue weighted by Crippen LogP contribution is 2.41. The molecule has 10 rings (SSSR count). The molecule has 0 aliphatic heterocycles. The van der Waals surface area contributed by atoms with Gasteiger partial charge in [-0.3, -0.25) is 9.97 Å². The maximum atomic E-state index is 5.17. The Labute approximate surface area is 323 Å². The van der Waals surface area contributed by atoms with E-state index in [1.165, 1.54) is 0 Å². The Kier molecular flexibility index (Phi) is 8.35. The van der Waals surface area contributed by atoms with Gasteiger partial charge in [0.25, 0.3) is 0 Å². The minimum Gasteiger partial charge on any atom is -0.265 e. The zero-order chi connectivity index (χ0) is 37.3. The highest BCUT2D eigenvalue weighted by molar-refractivity contribution is 6.11. The van der Waals surface area contributed by atoms with Crippen LogP contribution in [0.1, 0.15) is 0 Å². The highest BCUT2D eigenvalue weighted by atomic mass is 15.0. The molecule has 4 aromatic heterocycles. The van der Waals surface area contributed by atoms with Gasteiger partial charge in [0.2, 0.25) is 0 Å². The number of rotatable bonds is 7. The van der Waals surface area contributed by atoms with Crippen molar-refractivity contribution in [3.63, 3.8) is 0 Å². The van der Waals surface area contributed by atoms with Gasteiger partial charge in [0.15, 0.2) is 23.3 Å². The Morgan fingerprint density at radius 1 is 0.250 bits per heavy atom. The predicted octanol–water partition coefficient (Wildman–Crippen LogP) is 11.4. The van der Waals surface area contributed by atoms with E-state index in [0.717, 1.165) is 77.4 Å². The summed E-state index contributed by atoms with van der Waals surface area (Å²) in [6.07, 6.45) is 7.00. The zero-order valence-corrected chi connectivity index (χ0v) is 30.0. The van der Waals surface area contributed by atoms with Crippen LogP contribution in [0.5, 0.6) is 0 Å². The molecule has 7 heteroatoms. The summed E-state index contributed by atoms with van der Waals surface area (Å²) in [6.45, 7) is 0. The predicted molar refractivity (Wildman–Crippen MR) is 224 cm³/mol. The van der Waals surface area contributed by atoms with E-state index in [4.69, 9.17) is 24.9 Å². The third-order valence-corrected chi connectivity index (χ3v) is 10.00. The lowest BCUT2D eigenvalue weighted by Crippen LogP contribution is -2.01. The van der Waals surface area contributed by atoms with Crippen LogP contribution >= 0.6 is 0 Å². The molecule has 0 radical (unpaired) electrons. The van der Waals surface area contributed by atoms with Crippen LogP contribution in [0.2, 0.25) is 0 Å². The van der Waals surface area contributed by atoms with E-state index in [2.05, 4.69) is 113 Å². The van der Waals surface area contributed by atoms with E-state index >= 15 is 0 Å². The van der Waals surface area contributed by atoms with Gasteiger partial charge < -0.3 is 0 Å². The molecule has 0 amide bonds. The summed E-state index contributed by atoms with van der Waals surface area (Å²) < 4.78 is 0. The number of pyridine rings is 2. The average molecular weight is 718 g/mol. The van der Waals surface area contributed by atoms with E-state index < -0.39 is 0 Å². The molecule has 0 spiro atoms. The molecule has 56 heavy (non-hydrogen) atoms. The minimum atomic E-state index is 0.577. The number of hydrogen-bond acceptors (Lipinski definition) is 7. The normalized spacial score (nSPS) is 11.2. The quantitative estimate of drug-likeness (QED) is 0.162. The molecule has 0 saturated carbocycles. The summed E-state index contributed by atoms with van der Waals surface area (Å²) in [5, 5.41) is 4.31. The van der Waals surface area contributed by atoms with Crippen molar-refractivity contribution < 1.29 is 0 Å². The van der Waals surface area contributed by atoms with Gasteiger partial charge in [-0.2, -0.15) is 0 Å². The van der Waals surface area contributed by atoms with Crippen molar-refractivity contribution in [2.45, 2.75) is 0 Å². The topological polar surface area (TPSA) is 90.2 Å². The fourth-order valence-corrected chi connectivity index (χ4v) is 7.30. The van der Waals surface area contributed by atoms with Gasteiger partial charge in [0, 0.05) is 58.2 Å². The molecule has 0 bridgehead atoms. The van der Waals surface area contributed by atoms with E-state index in [1.54, 1.807) is 24.8 Å². The van der Waals surface area contributed by atoms with Crippen molar-refractivity contribution in [2.75, 3.05) is 0 Å². The third-order valence-electron chi connectivity index (χ3n) is 10.00. The Morgan fingerprint density at radius 3 is 1.02 bits per heavy atom. The van der Waals surface area contributed by atoms with E-state index in [9.17, 15) is 0 Å². The van der Waals surface area contributed by atoms with Crippen molar-refractivity contribution >= 4 is 21.5 Å². The Hall–Kier alpha value is -7.77. The molecule has 0 N–H and O–H groups in total. The number of fused-ring (bicyclic) bond motifs is 2. The molecule has 10 aromatic rings. The smallest absolute Gasteiger partial charge is 0.164 e. The van der Waals surface area contributed by atoms with Gasteiger partial charge in [0.05, 0.1) is 11.4 Å². The fourth-order valence-electron chi connectivity index (χ4n) is 7.30. The summed E-state index contributed by atoms with van der Waals surface area (Å²) in [7, 11) is 0. The number of aromatic nitrogens is 7. The van der Waals surface area contributed by atoms with Gasteiger partial charge in [-0.1, -0.05) is 121 Å². The lowest BCUT2D eigenvalue weighted by Gasteiger charge is -2.16. The summed E-state index contributed by atoms with van der Waals surface area (Å²) in [6, 6.07) is 56.0. The second-order valence-electron chi connectivity index (χ2n) is 13.4. The largest absolute Gasteiger partial charge is 0.265 e. The van der Waals surface area contributed by atoms with E-state index in [1.807, 2.05) is 60.7 Å². The first-order chi connectivity index (χ1) is 27.8. The van der Waals surface area contributed by atoms with Crippen LogP contribution in [0, 0.1) is 0 Å². The monoisotopic (exact) mass is 717 g/mol. The second kappa shape index (κ2) is 14.2. The molecule has 7 nitrogen and oxygen atoms in total. The molecular formula is C49H31N7. The molecule has 0 aliphatic carbocycles. The molecule has 0 aliphatic rings. The van der Waals surface area contributed by atoms with Crippen molar-refractivity contribution in [3.05, 3.63) is 189 Å². The van der Waals surface area contributed by atoms with Crippen LogP contribution in [0.4, 0.5) is 0 Å². The third kappa shape index (κ3) is 6.13.